The normalized spacial score (nSPS) is 11.3. The molecule has 0 unspecified atom stereocenters. The van der Waals surface area contributed by atoms with Crippen molar-refractivity contribution in [1.29, 1.82) is 0 Å². The summed E-state index contributed by atoms with van der Waals surface area (Å²) >= 11 is 1.23. The number of benzene rings is 2. The van der Waals surface area contributed by atoms with Gasteiger partial charge in [-0.2, -0.15) is 5.10 Å². The Morgan fingerprint density at radius 3 is 2.35 bits per heavy atom. The maximum atomic E-state index is 12.2. The van der Waals surface area contributed by atoms with Crippen molar-refractivity contribution in [2.24, 2.45) is 5.10 Å². The van der Waals surface area contributed by atoms with Crippen LogP contribution in [0.5, 0.6) is 0 Å². The van der Waals surface area contributed by atoms with E-state index in [1.165, 1.54) is 16.4 Å². The smallest absolute Gasteiger partial charge is 0.264 e. The number of aromatic nitrogens is 3. The maximum absolute atomic E-state index is 12.2. The molecule has 0 spiro atoms. The summed E-state index contributed by atoms with van der Waals surface area (Å²) in [4.78, 5) is 12.2. The molecule has 3 aromatic rings. The molecule has 0 fully saturated rings. The number of hydrogen-bond donors (Lipinski definition) is 2. The first-order valence-electron chi connectivity index (χ1n) is 7.92. The summed E-state index contributed by atoms with van der Waals surface area (Å²) in [5, 5.41) is 12.7. The van der Waals surface area contributed by atoms with E-state index in [4.69, 9.17) is 5.84 Å². The molecule has 0 bridgehead atoms. The number of nitrogen functional groups attached to an aromatic ring is 1. The third-order valence-electron chi connectivity index (χ3n) is 3.61. The predicted octanol–water partition coefficient (Wildman–Crippen LogP) is 2.80. The van der Waals surface area contributed by atoms with Gasteiger partial charge in [0.2, 0.25) is 5.16 Å². The number of ketones is 1. The van der Waals surface area contributed by atoms with E-state index in [1.807, 2.05) is 55.5 Å². The fourth-order valence-electron chi connectivity index (χ4n) is 2.17. The van der Waals surface area contributed by atoms with E-state index in [2.05, 4.69) is 20.7 Å². The van der Waals surface area contributed by atoms with Gasteiger partial charge >= 0.3 is 0 Å². The zero-order chi connectivity index (χ0) is 18.4. The molecule has 1 heterocycles. The van der Waals surface area contributed by atoms with Crippen molar-refractivity contribution >= 4 is 29.2 Å². The van der Waals surface area contributed by atoms with Gasteiger partial charge in [0.15, 0.2) is 5.78 Å². The third-order valence-corrected chi connectivity index (χ3v) is 4.55. The molecule has 26 heavy (non-hydrogen) atoms. The summed E-state index contributed by atoms with van der Waals surface area (Å²) in [6.07, 6.45) is 0. The van der Waals surface area contributed by atoms with Crippen LogP contribution in [0.4, 0.5) is 5.95 Å². The van der Waals surface area contributed by atoms with E-state index in [1.54, 1.807) is 12.1 Å². The molecule has 0 atom stereocenters. The van der Waals surface area contributed by atoms with Crippen LogP contribution < -0.4 is 11.3 Å². The number of Topliss-reactive ketones (excluding diaryl/α,β-unsaturated/α-hetero) is 1. The zero-order valence-electron chi connectivity index (χ0n) is 14.2. The van der Waals surface area contributed by atoms with Crippen LogP contribution in [-0.2, 0) is 0 Å². The largest absolute Gasteiger partial charge is 0.334 e. The first-order chi connectivity index (χ1) is 12.6. The van der Waals surface area contributed by atoms with Crippen LogP contribution in [0, 0.1) is 0 Å². The van der Waals surface area contributed by atoms with Crippen molar-refractivity contribution in [3.05, 3.63) is 71.8 Å². The molecular formula is C18H18N6OS. The summed E-state index contributed by atoms with van der Waals surface area (Å²) in [5.74, 6) is 6.52. The molecular weight excluding hydrogens is 348 g/mol. The molecule has 0 radical (unpaired) electrons. The van der Waals surface area contributed by atoms with E-state index in [9.17, 15) is 4.79 Å². The number of hydrogen-bond acceptors (Lipinski definition) is 7. The minimum Gasteiger partial charge on any atom is -0.334 e. The molecule has 0 saturated carbocycles. The Morgan fingerprint density at radius 1 is 1.08 bits per heavy atom. The monoisotopic (exact) mass is 366 g/mol. The van der Waals surface area contributed by atoms with E-state index in [-0.39, 0.29) is 11.5 Å². The Morgan fingerprint density at radius 2 is 1.69 bits per heavy atom. The molecule has 7 nitrogen and oxygen atoms in total. The summed E-state index contributed by atoms with van der Waals surface area (Å²) in [7, 11) is 0. The number of anilines is 1. The van der Waals surface area contributed by atoms with Crippen LogP contribution >= 0.6 is 11.8 Å². The van der Waals surface area contributed by atoms with Crippen LogP contribution in [0.3, 0.4) is 0 Å². The fraction of sp³-hybridized carbons (Fsp3) is 0.111. The van der Waals surface area contributed by atoms with Crippen LogP contribution in [-0.4, -0.2) is 32.1 Å². The number of thioether (sulfide) groups is 1. The van der Waals surface area contributed by atoms with Gasteiger partial charge in [0, 0.05) is 5.56 Å². The van der Waals surface area contributed by atoms with Gasteiger partial charge in [0.05, 0.1) is 11.5 Å². The van der Waals surface area contributed by atoms with Gasteiger partial charge in [-0.25, -0.2) is 10.1 Å². The van der Waals surface area contributed by atoms with Crippen molar-refractivity contribution in [1.82, 2.24) is 14.9 Å². The fourth-order valence-corrected chi connectivity index (χ4v) is 2.92. The molecule has 3 rings (SSSR count). The van der Waals surface area contributed by atoms with E-state index in [0.717, 1.165) is 11.3 Å². The number of hydrazone groups is 1. The number of carbonyl (C=O) groups is 1. The molecule has 132 valence electrons. The van der Waals surface area contributed by atoms with Gasteiger partial charge in [-0.3, -0.25) is 4.79 Å². The maximum Gasteiger partial charge on any atom is 0.264 e. The lowest BCUT2D eigenvalue weighted by molar-refractivity contribution is 0.102. The minimum absolute atomic E-state index is 0.00560. The van der Waals surface area contributed by atoms with Crippen LogP contribution in [0.15, 0.2) is 70.9 Å². The molecule has 2 aromatic carbocycles. The minimum atomic E-state index is 0.00560. The average molecular weight is 366 g/mol. The molecule has 1 aromatic heterocycles. The highest BCUT2D eigenvalue weighted by molar-refractivity contribution is 7.99. The number of carbonyl (C=O) groups excluding carboxylic acids is 1. The summed E-state index contributed by atoms with van der Waals surface area (Å²) in [6, 6.07) is 18.9. The van der Waals surface area contributed by atoms with E-state index < -0.39 is 0 Å². The standard InChI is InChI=1S/C18H18N6OS/c1-13(14-8-4-2-5-9-14)20-21-17-22-23-18(24(17)19)26-12-16(25)15-10-6-3-7-11-15/h2-11H,12,19H2,1H3,(H,21,22)/b20-13+. The summed E-state index contributed by atoms with van der Waals surface area (Å²) < 4.78 is 1.28. The highest BCUT2D eigenvalue weighted by Gasteiger charge is 2.13. The predicted molar refractivity (Wildman–Crippen MR) is 104 cm³/mol. The second-order valence-electron chi connectivity index (χ2n) is 5.43. The van der Waals surface area contributed by atoms with Gasteiger partial charge in [0.25, 0.3) is 5.95 Å². The molecule has 0 saturated heterocycles. The summed E-state index contributed by atoms with van der Waals surface area (Å²) in [6.45, 7) is 1.88. The molecule has 0 aliphatic carbocycles. The highest BCUT2D eigenvalue weighted by atomic mass is 32.2. The number of nitrogens with zero attached hydrogens (tertiary/aromatic N) is 4. The third kappa shape index (κ3) is 4.28. The van der Waals surface area contributed by atoms with Gasteiger partial charge in [0.1, 0.15) is 0 Å². The second kappa shape index (κ2) is 8.30. The van der Waals surface area contributed by atoms with E-state index >= 15 is 0 Å². The lowest BCUT2D eigenvalue weighted by atomic mass is 10.1. The van der Waals surface area contributed by atoms with Crippen molar-refractivity contribution in [3.8, 4) is 0 Å². The lowest BCUT2D eigenvalue weighted by Gasteiger charge is -2.04. The van der Waals surface area contributed by atoms with Gasteiger partial charge < -0.3 is 5.84 Å². The van der Waals surface area contributed by atoms with Crippen molar-refractivity contribution in [3.63, 3.8) is 0 Å². The first kappa shape index (κ1) is 17.7. The van der Waals surface area contributed by atoms with Crippen molar-refractivity contribution < 1.29 is 4.79 Å². The number of nitrogens with one attached hydrogen (secondary N) is 1. The topological polar surface area (TPSA) is 98.2 Å². The summed E-state index contributed by atoms with van der Waals surface area (Å²) in [5.41, 5.74) is 5.25. The van der Waals surface area contributed by atoms with Gasteiger partial charge in [-0.05, 0) is 12.5 Å². The SMILES string of the molecule is C/C(=N\Nc1nnc(SCC(=O)c2ccccc2)n1N)c1ccccc1. The zero-order valence-corrected chi connectivity index (χ0v) is 15.0. The quantitative estimate of drug-likeness (QED) is 0.219. The Kier molecular flexibility index (Phi) is 5.65. The average Bonchev–Trinajstić information content (AvgIpc) is 3.05. The molecule has 0 aliphatic rings. The number of rotatable bonds is 7. The van der Waals surface area contributed by atoms with Crippen LogP contribution in [0.2, 0.25) is 0 Å². The van der Waals surface area contributed by atoms with Gasteiger partial charge in [-0.15, -0.1) is 10.2 Å². The molecule has 0 amide bonds. The van der Waals surface area contributed by atoms with Crippen LogP contribution in [0.25, 0.3) is 0 Å². The second-order valence-corrected chi connectivity index (χ2v) is 6.37. The Balaban J connectivity index is 1.62. The number of nitrogens with two attached hydrogens (primary N) is 1. The highest BCUT2D eigenvalue weighted by Crippen LogP contribution is 2.18. The van der Waals surface area contributed by atoms with Crippen molar-refractivity contribution in [2.75, 3.05) is 17.0 Å². The molecule has 8 heteroatoms. The Hall–Kier alpha value is -3.13. The Bertz CT molecular complexity index is 908. The van der Waals surface area contributed by atoms with Gasteiger partial charge in [-0.1, -0.05) is 72.4 Å². The molecule has 3 N–H and O–H groups in total. The van der Waals surface area contributed by atoms with Crippen molar-refractivity contribution in [2.45, 2.75) is 12.1 Å². The van der Waals surface area contributed by atoms with E-state index in [0.29, 0.717) is 16.7 Å². The van der Waals surface area contributed by atoms with Crippen LogP contribution in [0.1, 0.15) is 22.8 Å². The Labute approximate surface area is 155 Å². The first-order valence-corrected chi connectivity index (χ1v) is 8.91. The molecule has 0 aliphatic heterocycles. The lowest BCUT2D eigenvalue weighted by Crippen LogP contribution is -2.14.